The van der Waals surface area contributed by atoms with E-state index in [1.807, 2.05) is 60.7 Å². The monoisotopic (exact) mass is 534 g/mol. The van der Waals surface area contributed by atoms with Gasteiger partial charge in [-0.3, -0.25) is 9.36 Å². The number of nitrogens with one attached hydrogen (secondary N) is 1. The Balaban J connectivity index is 1.35. The number of unbranched alkanes of at least 4 members (excludes halogenated alkanes) is 1. The van der Waals surface area contributed by atoms with Gasteiger partial charge in [-0.05, 0) is 54.7 Å². The molecule has 6 nitrogen and oxygen atoms in total. The molecule has 1 amide bonds. The third kappa shape index (κ3) is 8.10. The van der Waals surface area contributed by atoms with Gasteiger partial charge in [0.25, 0.3) is 0 Å². The molecule has 1 aromatic heterocycles. The van der Waals surface area contributed by atoms with E-state index in [4.69, 9.17) is 16.3 Å². The van der Waals surface area contributed by atoms with Crippen LogP contribution in [-0.2, 0) is 23.4 Å². The zero-order valence-corrected chi connectivity index (χ0v) is 22.5. The minimum absolute atomic E-state index is 0.0861. The van der Waals surface area contributed by atoms with Gasteiger partial charge in [-0.15, -0.1) is 10.2 Å². The van der Waals surface area contributed by atoms with Crippen molar-refractivity contribution in [2.45, 2.75) is 43.0 Å². The number of hydrogen-bond donors (Lipinski definition) is 1. The van der Waals surface area contributed by atoms with Crippen LogP contribution in [0.1, 0.15) is 36.2 Å². The molecule has 0 unspecified atom stereocenters. The summed E-state index contributed by atoms with van der Waals surface area (Å²) in [5.41, 5.74) is 3.30. The molecule has 4 rings (SSSR count). The first-order valence-corrected chi connectivity index (χ1v) is 13.8. The fraction of sp³-hybridized carbons (Fsp3) is 0.276. The molecule has 8 heteroatoms. The van der Waals surface area contributed by atoms with Gasteiger partial charge in [-0.2, -0.15) is 0 Å². The van der Waals surface area contributed by atoms with E-state index >= 15 is 0 Å². The molecule has 3 aromatic carbocycles. The molecule has 0 atom stereocenters. The van der Waals surface area contributed by atoms with Crippen molar-refractivity contribution in [2.24, 2.45) is 0 Å². The average molecular weight is 535 g/mol. The molecule has 0 saturated heterocycles. The SMILES string of the molecule is COc1cccc(-n2c(CCCCC(=O)NCCc3ccccc3)nnc2SCc2cccc(Cl)c2)c1. The van der Waals surface area contributed by atoms with E-state index in [0.717, 1.165) is 64.4 Å². The second kappa shape index (κ2) is 13.9. The van der Waals surface area contributed by atoms with Crippen LogP contribution in [0, 0.1) is 0 Å². The lowest BCUT2D eigenvalue weighted by molar-refractivity contribution is -0.121. The van der Waals surface area contributed by atoms with Crippen molar-refractivity contribution in [3.8, 4) is 11.4 Å². The van der Waals surface area contributed by atoms with Crippen molar-refractivity contribution in [3.05, 3.63) is 101 Å². The maximum absolute atomic E-state index is 12.3. The molecule has 0 aliphatic carbocycles. The van der Waals surface area contributed by atoms with E-state index in [9.17, 15) is 4.79 Å². The van der Waals surface area contributed by atoms with Crippen LogP contribution >= 0.6 is 23.4 Å². The van der Waals surface area contributed by atoms with Gasteiger partial charge in [0.2, 0.25) is 5.91 Å². The summed E-state index contributed by atoms with van der Waals surface area (Å²) in [5, 5.41) is 13.5. The second-order valence-corrected chi connectivity index (χ2v) is 10.0. The minimum Gasteiger partial charge on any atom is -0.497 e. The van der Waals surface area contributed by atoms with Crippen LogP contribution < -0.4 is 10.1 Å². The number of halogens is 1. The second-order valence-electron chi connectivity index (χ2n) is 8.65. The van der Waals surface area contributed by atoms with Crippen molar-refractivity contribution in [2.75, 3.05) is 13.7 Å². The van der Waals surface area contributed by atoms with Crippen LogP contribution in [0.5, 0.6) is 5.75 Å². The Morgan fingerprint density at radius 2 is 1.76 bits per heavy atom. The van der Waals surface area contributed by atoms with Gasteiger partial charge in [-0.25, -0.2) is 0 Å². The molecule has 4 aromatic rings. The number of carbonyl (C=O) groups excluding carboxylic acids is 1. The lowest BCUT2D eigenvalue weighted by Crippen LogP contribution is -2.25. The standard InChI is InChI=1S/C29H31ClN4O2S/c1-36-26-14-8-13-25(20-26)34-27(32-33-29(34)37-21-23-11-7-12-24(30)19-23)15-5-6-16-28(35)31-18-17-22-9-3-2-4-10-22/h2-4,7-14,19-20H,5-6,15-18,21H2,1H3,(H,31,35). The smallest absolute Gasteiger partial charge is 0.220 e. The van der Waals surface area contributed by atoms with Crippen LogP contribution in [0.3, 0.4) is 0 Å². The number of hydrogen-bond acceptors (Lipinski definition) is 5. The van der Waals surface area contributed by atoms with E-state index < -0.39 is 0 Å². The number of benzene rings is 3. The van der Waals surface area contributed by atoms with Crippen molar-refractivity contribution >= 4 is 29.3 Å². The van der Waals surface area contributed by atoms with Gasteiger partial charge >= 0.3 is 0 Å². The van der Waals surface area contributed by atoms with Gasteiger partial charge in [-0.1, -0.05) is 71.9 Å². The first kappa shape index (κ1) is 26.8. The summed E-state index contributed by atoms with van der Waals surface area (Å²) in [6.45, 7) is 0.653. The number of amides is 1. The molecule has 0 radical (unpaired) electrons. The molecule has 0 aliphatic heterocycles. The average Bonchev–Trinajstić information content (AvgIpc) is 3.33. The fourth-order valence-electron chi connectivity index (χ4n) is 3.99. The largest absolute Gasteiger partial charge is 0.497 e. The van der Waals surface area contributed by atoms with E-state index in [2.05, 4.69) is 38.3 Å². The number of methoxy groups -OCH3 is 1. The highest BCUT2D eigenvalue weighted by molar-refractivity contribution is 7.98. The van der Waals surface area contributed by atoms with E-state index in [1.54, 1.807) is 18.9 Å². The quantitative estimate of drug-likeness (QED) is 0.161. The number of thioether (sulfide) groups is 1. The minimum atomic E-state index is 0.0861. The molecular weight excluding hydrogens is 504 g/mol. The Morgan fingerprint density at radius 1 is 0.946 bits per heavy atom. The third-order valence-corrected chi connectivity index (χ3v) is 7.14. The number of carbonyl (C=O) groups is 1. The number of rotatable bonds is 13. The highest BCUT2D eigenvalue weighted by Crippen LogP contribution is 2.28. The van der Waals surface area contributed by atoms with Gasteiger partial charge < -0.3 is 10.1 Å². The van der Waals surface area contributed by atoms with Gasteiger partial charge in [0.1, 0.15) is 11.6 Å². The molecule has 1 heterocycles. The summed E-state index contributed by atoms with van der Waals surface area (Å²) in [7, 11) is 1.66. The van der Waals surface area contributed by atoms with Crippen molar-refractivity contribution in [1.82, 2.24) is 20.1 Å². The van der Waals surface area contributed by atoms with Gasteiger partial charge in [0.05, 0.1) is 12.8 Å². The molecule has 1 N–H and O–H groups in total. The molecular formula is C29H31ClN4O2S. The predicted octanol–water partition coefficient (Wildman–Crippen LogP) is 6.29. The summed E-state index contributed by atoms with van der Waals surface area (Å²) in [6.07, 6.45) is 3.68. The number of ether oxygens (including phenoxy) is 1. The van der Waals surface area contributed by atoms with Crippen molar-refractivity contribution in [1.29, 1.82) is 0 Å². The normalized spacial score (nSPS) is 10.9. The Kier molecular flexibility index (Phi) is 10.0. The summed E-state index contributed by atoms with van der Waals surface area (Å²) < 4.78 is 7.52. The molecule has 0 bridgehead atoms. The molecule has 0 saturated carbocycles. The lowest BCUT2D eigenvalue weighted by Gasteiger charge is -2.12. The number of nitrogens with zero attached hydrogens (tertiary/aromatic N) is 3. The van der Waals surface area contributed by atoms with E-state index in [0.29, 0.717) is 13.0 Å². The Hall–Kier alpha value is -3.29. The lowest BCUT2D eigenvalue weighted by atomic mass is 10.1. The molecule has 192 valence electrons. The maximum Gasteiger partial charge on any atom is 0.220 e. The van der Waals surface area contributed by atoms with Gasteiger partial charge in [0, 0.05) is 36.2 Å². The Labute approximate surface area is 227 Å². The van der Waals surface area contributed by atoms with Crippen LogP contribution in [-0.4, -0.2) is 34.3 Å². The Bertz CT molecular complexity index is 1300. The molecule has 0 aliphatic rings. The zero-order valence-electron chi connectivity index (χ0n) is 20.9. The summed E-state index contributed by atoms with van der Waals surface area (Å²) in [5.74, 6) is 2.45. The van der Waals surface area contributed by atoms with Crippen molar-refractivity contribution in [3.63, 3.8) is 0 Å². The maximum atomic E-state index is 12.3. The summed E-state index contributed by atoms with van der Waals surface area (Å²) in [6, 6.07) is 25.9. The van der Waals surface area contributed by atoms with Crippen LogP contribution in [0.4, 0.5) is 0 Å². The first-order valence-electron chi connectivity index (χ1n) is 12.4. The van der Waals surface area contributed by atoms with Crippen LogP contribution in [0.15, 0.2) is 84.0 Å². The Morgan fingerprint density at radius 3 is 2.57 bits per heavy atom. The zero-order chi connectivity index (χ0) is 25.9. The fourth-order valence-corrected chi connectivity index (χ4v) is 5.11. The topological polar surface area (TPSA) is 69.0 Å². The third-order valence-electron chi connectivity index (χ3n) is 5.90. The van der Waals surface area contributed by atoms with Crippen LogP contribution in [0.2, 0.25) is 5.02 Å². The summed E-state index contributed by atoms with van der Waals surface area (Å²) in [4.78, 5) is 12.3. The van der Waals surface area contributed by atoms with Gasteiger partial charge in [0.15, 0.2) is 5.16 Å². The predicted molar refractivity (Wildman–Crippen MR) is 150 cm³/mol. The number of aromatic nitrogens is 3. The van der Waals surface area contributed by atoms with Crippen LogP contribution in [0.25, 0.3) is 5.69 Å². The molecule has 0 fully saturated rings. The molecule has 37 heavy (non-hydrogen) atoms. The summed E-state index contributed by atoms with van der Waals surface area (Å²) >= 11 is 7.77. The van der Waals surface area contributed by atoms with E-state index in [-0.39, 0.29) is 5.91 Å². The van der Waals surface area contributed by atoms with E-state index in [1.165, 1.54) is 5.56 Å². The first-order chi connectivity index (χ1) is 18.1. The van der Waals surface area contributed by atoms with Crippen molar-refractivity contribution < 1.29 is 9.53 Å². The number of aryl methyl sites for hydroxylation is 1. The molecule has 0 spiro atoms. The highest BCUT2D eigenvalue weighted by Gasteiger charge is 2.15. The highest BCUT2D eigenvalue weighted by atomic mass is 35.5.